The van der Waals surface area contributed by atoms with Crippen LogP contribution in [-0.2, 0) is 11.8 Å². The van der Waals surface area contributed by atoms with Gasteiger partial charge in [0.05, 0.1) is 18.5 Å². The summed E-state index contributed by atoms with van der Waals surface area (Å²) in [5, 5.41) is 15.6. The number of anilines is 1. The molecule has 0 bridgehead atoms. The number of hydrogen-bond donors (Lipinski definition) is 2. The number of nitrogens with one attached hydrogen (secondary N) is 1. The first-order valence-electron chi connectivity index (χ1n) is 9.93. The number of aliphatic hydroxyl groups excluding tert-OH is 1. The van der Waals surface area contributed by atoms with Crippen molar-refractivity contribution in [2.24, 2.45) is 13.0 Å². The molecule has 0 aromatic carbocycles. The van der Waals surface area contributed by atoms with Crippen molar-refractivity contribution in [3.8, 4) is 11.3 Å². The smallest absolute Gasteiger partial charge is 0.216 e. The van der Waals surface area contributed by atoms with Gasteiger partial charge in [0.1, 0.15) is 5.65 Å². The molecule has 4 heterocycles. The Bertz CT molecular complexity index is 955. The maximum atomic E-state index is 10.3. The van der Waals surface area contributed by atoms with E-state index in [4.69, 9.17) is 4.74 Å². The summed E-state index contributed by atoms with van der Waals surface area (Å²) >= 11 is 0. The van der Waals surface area contributed by atoms with E-state index in [-0.39, 0.29) is 0 Å². The molecule has 3 aromatic rings. The zero-order chi connectivity index (χ0) is 19.1. The Hall–Kier alpha value is -2.42. The van der Waals surface area contributed by atoms with Crippen molar-refractivity contribution >= 4 is 16.7 Å². The number of hydrogen-bond acceptors (Lipinski definition) is 6. The highest BCUT2D eigenvalue weighted by Crippen LogP contribution is 2.31. The molecule has 5 rings (SSSR count). The van der Waals surface area contributed by atoms with Gasteiger partial charge in [-0.1, -0.05) is 0 Å². The molecule has 0 radical (unpaired) electrons. The van der Waals surface area contributed by atoms with E-state index in [1.807, 2.05) is 30.5 Å². The van der Waals surface area contributed by atoms with E-state index < -0.39 is 6.41 Å². The quantitative estimate of drug-likeness (QED) is 0.633. The van der Waals surface area contributed by atoms with Gasteiger partial charge in [0.15, 0.2) is 0 Å². The van der Waals surface area contributed by atoms with Crippen molar-refractivity contribution in [3.63, 3.8) is 0 Å². The molecule has 3 aromatic heterocycles. The van der Waals surface area contributed by atoms with Crippen LogP contribution in [0.1, 0.15) is 12.8 Å². The maximum Gasteiger partial charge on any atom is 0.216 e. The van der Waals surface area contributed by atoms with E-state index in [9.17, 15) is 5.11 Å². The summed E-state index contributed by atoms with van der Waals surface area (Å²) in [6.07, 6.45) is 7.37. The highest BCUT2D eigenvalue weighted by Gasteiger charge is 2.27. The lowest BCUT2D eigenvalue weighted by Crippen LogP contribution is -2.51. The molecule has 1 aliphatic carbocycles. The summed E-state index contributed by atoms with van der Waals surface area (Å²) in [6, 6.07) is 4.22. The first-order valence-corrected chi connectivity index (χ1v) is 9.93. The Labute approximate surface area is 163 Å². The molecule has 1 aliphatic heterocycles. The fourth-order valence-corrected chi connectivity index (χ4v) is 3.80. The van der Waals surface area contributed by atoms with Gasteiger partial charge in [0.2, 0.25) is 6.41 Å². The van der Waals surface area contributed by atoms with Crippen molar-refractivity contribution in [1.29, 1.82) is 0 Å². The minimum atomic E-state index is -0.787. The van der Waals surface area contributed by atoms with Crippen LogP contribution in [0.3, 0.4) is 0 Å². The van der Waals surface area contributed by atoms with Crippen LogP contribution in [0.4, 0.5) is 5.69 Å². The number of ether oxygens (including phenoxy) is 1. The molecule has 0 spiro atoms. The van der Waals surface area contributed by atoms with Crippen LogP contribution in [-0.4, -0.2) is 69.0 Å². The number of piperazine rings is 1. The molecule has 0 amide bonds. The third kappa shape index (κ3) is 3.50. The average Bonchev–Trinajstić information content (AvgIpc) is 3.28. The lowest BCUT2D eigenvalue weighted by molar-refractivity contribution is -0.196. The number of aromatic amines is 1. The molecule has 2 N–H and O–H groups in total. The summed E-state index contributed by atoms with van der Waals surface area (Å²) in [6.45, 7) is 3.91. The molecule has 1 unspecified atom stereocenters. The van der Waals surface area contributed by atoms with Crippen LogP contribution in [0.5, 0.6) is 0 Å². The van der Waals surface area contributed by atoms with Gasteiger partial charge in [0.25, 0.3) is 0 Å². The summed E-state index contributed by atoms with van der Waals surface area (Å²) in [7, 11) is 1.91. The Kier molecular flexibility index (Phi) is 4.54. The number of aromatic nitrogens is 4. The van der Waals surface area contributed by atoms with Gasteiger partial charge < -0.3 is 19.7 Å². The second-order valence-corrected chi connectivity index (χ2v) is 7.80. The lowest BCUT2D eigenvalue weighted by Gasteiger charge is -2.38. The van der Waals surface area contributed by atoms with E-state index in [1.165, 1.54) is 18.5 Å². The minimum absolute atomic E-state index is 0.656. The van der Waals surface area contributed by atoms with Crippen molar-refractivity contribution in [2.45, 2.75) is 19.3 Å². The normalized spacial score (nSPS) is 19.4. The van der Waals surface area contributed by atoms with Crippen LogP contribution in [0.25, 0.3) is 22.3 Å². The molecule has 1 saturated carbocycles. The molecule has 2 fully saturated rings. The third-order valence-electron chi connectivity index (χ3n) is 5.67. The van der Waals surface area contributed by atoms with E-state index >= 15 is 0 Å². The molecule has 1 saturated heterocycles. The lowest BCUT2D eigenvalue weighted by atomic mass is 10.2. The van der Waals surface area contributed by atoms with Crippen molar-refractivity contribution in [1.82, 2.24) is 24.6 Å². The fourth-order valence-electron chi connectivity index (χ4n) is 3.80. The fraction of sp³-hybridized carbons (Fsp3) is 0.500. The molecule has 148 valence electrons. The summed E-state index contributed by atoms with van der Waals surface area (Å²) in [5.41, 5.74) is 4.12. The SMILES string of the molecule is Cn1cc(-c2cc3c(N4CCN(C(O)OCC5CC5)CC4)ccnc3[nH]2)cn1. The number of fused-ring (bicyclic) bond motifs is 1. The number of nitrogens with zero attached hydrogens (tertiary/aromatic N) is 5. The maximum absolute atomic E-state index is 10.3. The largest absolute Gasteiger partial charge is 0.368 e. The summed E-state index contributed by atoms with van der Waals surface area (Å²) < 4.78 is 7.41. The van der Waals surface area contributed by atoms with Gasteiger partial charge in [0, 0.05) is 62.3 Å². The van der Waals surface area contributed by atoms with Crippen molar-refractivity contribution in [2.75, 3.05) is 37.7 Å². The van der Waals surface area contributed by atoms with Gasteiger partial charge in [-0.3, -0.25) is 9.58 Å². The third-order valence-corrected chi connectivity index (χ3v) is 5.67. The van der Waals surface area contributed by atoms with Crippen LogP contribution in [0, 0.1) is 5.92 Å². The second kappa shape index (κ2) is 7.20. The van der Waals surface area contributed by atoms with Gasteiger partial charge >= 0.3 is 0 Å². The molecular formula is C20H26N6O2. The van der Waals surface area contributed by atoms with Crippen molar-refractivity contribution < 1.29 is 9.84 Å². The Morgan fingerprint density at radius 1 is 1.29 bits per heavy atom. The monoisotopic (exact) mass is 382 g/mol. The van der Waals surface area contributed by atoms with E-state index in [1.54, 1.807) is 4.68 Å². The van der Waals surface area contributed by atoms with Gasteiger partial charge in [-0.2, -0.15) is 5.10 Å². The Balaban J connectivity index is 1.30. The number of rotatable bonds is 6. The average molecular weight is 382 g/mol. The highest BCUT2D eigenvalue weighted by atomic mass is 16.6. The zero-order valence-corrected chi connectivity index (χ0v) is 16.1. The number of pyridine rings is 1. The number of aliphatic hydroxyl groups is 1. The first kappa shape index (κ1) is 17.7. The number of H-pyrrole nitrogens is 1. The highest BCUT2D eigenvalue weighted by molar-refractivity contribution is 5.93. The standard InChI is InChI=1S/C20H26N6O2/c1-24-12-15(11-22-24)17-10-16-18(4-5-21-19(16)23-17)25-6-8-26(9-7-25)20(27)28-13-14-2-3-14/h4-5,10-12,14,20,27H,2-3,6-9,13H2,1H3,(H,21,23). The predicted molar refractivity (Wildman–Crippen MR) is 107 cm³/mol. The molecule has 28 heavy (non-hydrogen) atoms. The van der Waals surface area contributed by atoms with Crippen LogP contribution < -0.4 is 4.90 Å². The molecule has 1 atom stereocenters. The molecule has 2 aliphatic rings. The zero-order valence-electron chi connectivity index (χ0n) is 16.1. The van der Waals surface area contributed by atoms with Crippen LogP contribution in [0.2, 0.25) is 0 Å². The molecule has 8 heteroatoms. The topological polar surface area (TPSA) is 82.4 Å². The molecular weight excluding hydrogens is 356 g/mol. The Morgan fingerprint density at radius 2 is 2.11 bits per heavy atom. The van der Waals surface area contributed by atoms with E-state index in [2.05, 4.69) is 32.1 Å². The van der Waals surface area contributed by atoms with Crippen LogP contribution >= 0.6 is 0 Å². The second-order valence-electron chi connectivity index (χ2n) is 7.80. The molecule has 8 nitrogen and oxygen atoms in total. The summed E-state index contributed by atoms with van der Waals surface area (Å²) in [4.78, 5) is 12.3. The number of aryl methyl sites for hydroxylation is 1. The van der Waals surface area contributed by atoms with Crippen molar-refractivity contribution in [3.05, 3.63) is 30.7 Å². The predicted octanol–water partition coefficient (Wildman–Crippen LogP) is 1.79. The van der Waals surface area contributed by atoms with Crippen LogP contribution in [0.15, 0.2) is 30.7 Å². The summed E-state index contributed by atoms with van der Waals surface area (Å²) in [5.74, 6) is 0.656. The van der Waals surface area contributed by atoms with E-state index in [0.29, 0.717) is 12.5 Å². The van der Waals surface area contributed by atoms with E-state index in [0.717, 1.165) is 48.5 Å². The minimum Gasteiger partial charge on any atom is -0.368 e. The van der Waals surface area contributed by atoms with Gasteiger partial charge in [-0.15, -0.1) is 0 Å². The van der Waals surface area contributed by atoms with Gasteiger partial charge in [-0.25, -0.2) is 4.98 Å². The Morgan fingerprint density at radius 3 is 2.82 bits per heavy atom. The first-order chi connectivity index (χ1) is 13.7. The van der Waals surface area contributed by atoms with Gasteiger partial charge in [-0.05, 0) is 30.9 Å².